The molecular formula is C61H36F2N4. The van der Waals surface area contributed by atoms with Crippen LogP contribution in [0, 0.1) is 0 Å². The van der Waals surface area contributed by atoms with Gasteiger partial charge >= 0.3 is 0 Å². The summed E-state index contributed by atoms with van der Waals surface area (Å²) in [5.74, 6) is -2.36. The molecule has 0 saturated heterocycles. The van der Waals surface area contributed by atoms with Gasteiger partial charge in [-0.15, -0.1) is 0 Å². The van der Waals surface area contributed by atoms with Crippen molar-refractivity contribution in [1.82, 2.24) is 19.9 Å². The minimum absolute atomic E-state index is 0.0650. The molecule has 314 valence electrons. The molecule has 0 aliphatic heterocycles. The zero-order chi connectivity index (χ0) is 44.6. The Balaban J connectivity index is 0.994. The highest BCUT2D eigenvalue weighted by Crippen LogP contribution is 2.53. The summed E-state index contributed by atoms with van der Waals surface area (Å²) in [5, 5.41) is 8.61. The maximum Gasteiger partial charge on any atom is 0.299 e. The number of aromatic nitrogens is 4. The third-order valence-corrected chi connectivity index (χ3v) is 13.2. The summed E-state index contributed by atoms with van der Waals surface area (Å²) in [5.41, 5.74) is 8.76. The summed E-state index contributed by atoms with van der Waals surface area (Å²) < 4.78 is 33.3. The molecule has 0 radical (unpaired) electrons. The van der Waals surface area contributed by atoms with Gasteiger partial charge in [-0.1, -0.05) is 194 Å². The van der Waals surface area contributed by atoms with E-state index in [1.807, 2.05) is 97.1 Å². The van der Waals surface area contributed by atoms with Crippen LogP contribution in [0.5, 0.6) is 0 Å². The minimum atomic E-state index is -3.23. The topological polar surface area (TPSA) is 51.6 Å². The first-order chi connectivity index (χ1) is 32.9. The highest BCUT2D eigenvalue weighted by molar-refractivity contribution is 6.01. The highest BCUT2D eigenvalue weighted by atomic mass is 19.3. The fraction of sp³-hybridized carbons (Fsp3) is 0.0164. The smallest absolute Gasteiger partial charge is 0.228 e. The molecule has 0 saturated carbocycles. The van der Waals surface area contributed by atoms with Crippen molar-refractivity contribution in [1.29, 1.82) is 0 Å². The lowest BCUT2D eigenvalue weighted by Crippen LogP contribution is -2.10. The second kappa shape index (κ2) is 15.2. The average molecular weight is 863 g/mol. The first-order valence-corrected chi connectivity index (χ1v) is 22.3. The van der Waals surface area contributed by atoms with E-state index in [1.54, 1.807) is 12.1 Å². The van der Waals surface area contributed by atoms with Crippen molar-refractivity contribution < 1.29 is 8.78 Å². The molecule has 0 unspecified atom stereocenters. The van der Waals surface area contributed by atoms with Gasteiger partial charge in [-0.3, -0.25) is 0 Å². The standard InChI is InChI=1S/C61H36F2N4/c62-61(63)53-31-29-41(59-64-55(47-25-9-17-37-13-1-5-21-43(37)47)35-56(65-59)48-26-10-18-38-14-2-6-22-44(38)48)33-51(53)52-34-42(30-32-54(52)61)60-66-57(49-27-11-19-39-15-3-7-23-45(39)49)36-58(67-60)50-28-12-20-40-16-4-8-24-46(40)50/h1-36H. The van der Waals surface area contributed by atoms with Crippen LogP contribution in [0.25, 0.3) is 122 Å². The Kier molecular flexibility index (Phi) is 8.77. The van der Waals surface area contributed by atoms with Crippen molar-refractivity contribution in [2.24, 2.45) is 0 Å². The first kappa shape index (κ1) is 38.7. The van der Waals surface area contributed by atoms with Gasteiger partial charge in [-0.2, -0.15) is 8.78 Å². The SMILES string of the molecule is FC1(F)c2ccc(-c3nc(-c4cccc5ccccc45)cc(-c4cccc5ccccc45)n3)cc2-c2cc(-c3nc(-c4cccc5ccccc45)cc(-c4cccc5ccccc45)n3)ccc21. The molecule has 0 fully saturated rings. The van der Waals surface area contributed by atoms with Gasteiger partial charge in [0.25, 0.3) is 5.92 Å². The summed E-state index contributed by atoms with van der Waals surface area (Å²) >= 11 is 0. The van der Waals surface area contributed by atoms with Crippen molar-refractivity contribution in [2.45, 2.75) is 5.92 Å². The molecule has 67 heavy (non-hydrogen) atoms. The van der Waals surface area contributed by atoms with Gasteiger partial charge < -0.3 is 0 Å². The quantitative estimate of drug-likeness (QED) is 0.167. The lowest BCUT2D eigenvalue weighted by atomic mass is 9.97. The summed E-state index contributed by atoms with van der Waals surface area (Å²) in [7, 11) is 0. The molecule has 1 aliphatic carbocycles. The van der Waals surface area contributed by atoms with Crippen LogP contribution in [0.1, 0.15) is 11.1 Å². The maximum atomic E-state index is 16.7. The number of hydrogen-bond acceptors (Lipinski definition) is 4. The van der Waals surface area contributed by atoms with E-state index in [1.165, 1.54) is 12.1 Å². The lowest BCUT2D eigenvalue weighted by molar-refractivity contribution is 0.0480. The van der Waals surface area contributed by atoms with Gasteiger partial charge in [-0.05, 0) is 78.5 Å². The van der Waals surface area contributed by atoms with E-state index in [0.717, 1.165) is 88.1 Å². The predicted octanol–water partition coefficient (Wildman–Crippen LogP) is 16.0. The molecule has 6 heteroatoms. The molecule has 0 N–H and O–H groups in total. The van der Waals surface area contributed by atoms with Crippen molar-refractivity contribution >= 4 is 43.1 Å². The van der Waals surface area contributed by atoms with Crippen molar-refractivity contribution in [3.8, 4) is 78.9 Å². The summed E-state index contributed by atoms with van der Waals surface area (Å²) in [4.78, 5) is 20.9. The van der Waals surface area contributed by atoms with Crippen LogP contribution in [-0.4, -0.2) is 19.9 Å². The fourth-order valence-corrected chi connectivity index (χ4v) is 10.0. The van der Waals surface area contributed by atoms with Gasteiger partial charge in [0.15, 0.2) is 11.6 Å². The Morgan fingerprint density at radius 2 is 0.552 bits per heavy atom. The van der Waals surface area contributed by atoms with Crippen LogP contribution in [0.15, 0.2) is 218 Å². The van der Waals surface area contributed by atoms with Crippen LogP contribution < -0.4 is 0 Å². The van der Waals surface area contributed by atoms with Gasteiger partial charge in [0.1, 0.15) is 0 Å². The number of halogens is 2. The van der Waals surface area contributed by atoms with Gasteiger partial charge in [0.05, 0.1) is 22.8 Å². The molecule has 2 heterocycles. The van der Waals surface area contributed by atoms with Crippen molar-refractivity contribution in [2.75, 3.05) is 0 Å². The molecular weight excluding hydrogens is 827 g/mol. The maximum absolute atomic E-state index is 16.7. The Bertz CT molecular complexity index is 3520. The molecule has 13 rings (SSSR count). The van der Waals surface area contributed by atoms with Crippen LogP contribution in [0.3, 0.4) is 0 Å². The molecule has 1 aliphatic rings. The fourth-order valence-electron chi connectivity index (χ4n) is 10.0. The van der Waals surface area contributed by atoms with Crippen LogP contribution >= 0.6 is 0 Å². The number of alkyl halides is 2. The second-order valence-corrected chi connectivity index (χ2v) is 17.1. The van der Waals surface area contributed by atoms with E-state index in [2.05, 4.69) is 97.1 Å². The summed E-state index contributed by atoms with van der Waals surface area (Å²) in [6.45, 7) is 0. The largest absolute Gasteiger partial charge is 0.299 e. The Morgan fingerprint density at radius 1 is 0.269 bits per heavy atom. The van der Waals surface area contributed by atoms with Crippen molar-refractivity contribution in [3.63, 3.8) is 0 Å². The Morgan fingerprint density at radius 3 is 0.866 bits per heavy atom. The van der Waals surface area contributed by atoms with Crippen molar-refractivity contribution in [3.05, 3.63) is 230 Å². The Labute approximate surface area is 384 Å². The molecule has 0 bridgehead atoms. The summed E-state index contributed by atoms with van der Waals surface area (Å²) in [6, 6.07) is 72.0. The van der Waals surface area contributed by atoms with E-state index < -0.39 is 5.92 Å². The number of fused-ring (bicyclic) bond motifs is 7. The third kappa shape index (κ3) is 6.40. The van der Waals surface area contributed by atoms with E-state index >= 15 is 8.78 Å². The van der Waals surface area contributed by atoms with E-state index in [9.17, 15) is 0 Å². The van der Waals surface area contributed by atoms with E-state index in [-0.39, 0.29) is 11.1 Å². The third-order valence-electron chi connectivity index (χ3n) is 13.2. The van der Waals surface area contributed by atoms with E-state index in [4.69, 9.17) is 19.9 Å². The Hall–Kier alpha value is -8.74. The summed E-state index contributed by atoms with van der Waals surface area (Å²) in [6.07, 6.45) is 0. The average Bonchev–Trinajstić information content (AvgIpc) is 3.62. The zero-order valence-corrected chi connectivity index (χ0v) is 35.8. The van der Waals surface area contributed by atoms with E-state index in [0.29, 0.717) is 33.9 Å². The number of nitrogens with zero attached hydrogens (tertiary/aromatic N) is 4. The molecule has 0 atom stereocenters. The van der Waals surface area contributed by atoms with Crippen LogP contribution in [-0.2, 0) is 5.92 Å². The molecule has 4 nitrogen and oxygen atoms in total. The highest BCUT2D eigenvalue weighted by Gasteiger charge is 2.44. The van der Waals surface area contributed by atoms with Gasteiger partial charge in [0.2, 0.25) is 0 Å². The van der Waals surface area contributed by atoms with Crippen LogP contribution in [0.4, 0.5) is 8.78 Å². The molecule has 10 aromatic carbocycles. The van der Waals surface area contributed by atoms with Crippen LogP contribution in [0.2, 0.25) is 0 Å². The van der Waals surface area contributed by atoms with Gasteiger partial charge in [0, 0.05) is 44.5 Å². The number of benzene rings is 10. The normalized spacial score (nSPS) is 12.7. The zero-order valence-electron chi connectivity index (χ0n) is 35.8. The molecule has 2 aromatic heterocycles. The second-order valence-electron chi connectivity index (χ2n) is 17.1. The molecule has 0 amide bonds. The number of hydrogen-bond donors (Lipinski definition) is 0. The molecule has 0 spiro atoms. The minimum Gasteiger partial charge on any atom is -0.228 e. The number of rotatable bonds is 6. The lowest BCUT2D eigenvalue weighted by Gasteiger charge is -2.14. The predicted molar refractivity (Wildman–Crippen MR) is 269 cm³/mol. The van der Waals surface area contributed by atoms with Gasteiger partial charge in [-0.25, -0.2) is 19.9 Å². The monoisotopic (exact) mass is 862 g/mol. The first-order valence-electron chi connectivity index (χ1n) is 22.3. The molecule has 12 aromatic rings.